The highest BCUT2D eigenvalue weighted by Gasteiger charge is 1.95. The van der Waals surface area contributed by atoms with Gasteiger partial charge in [0.05, 0.1) is 3.57 Å². The molecule has 52 valence electrons. The molecule has 0 N–H and O–H groups in total. The molecule has 0 saturated carbocycles. The van der Waals surface area contributed by atoms with Gasteiger partial charge in [-0.3, -0.25) is 4.79 Å². The molecule has 3 heteroatoms. The lowest BCUT2D eigenvalue weighted by atomic mass is 10.3. The number of hydrogen-bond acceptors (Lipinski definition) is 2. The third kappa shape index (κ3) is 1.70. The van der Waals surface area contributed by atoms with Crippen molar-refractivity contribution >= 4 is 29.1 Å². The molecule has 0 saturated heterocycles. The fourth-order valence-electron chi connectivity index (χ4n) is 0.592. The maximum atomic E-state index is 9.90. The summed E-state index contributed by atoms with van der Waals surface area (Å²) in [5.74, 6) is 0.609. The van der Waals surface area contributed by atoms with E-state index in [0.717, 1.165) is 3.57 Å². The van der Waals surface area contributed by atoms with Gasteiger partial charge >= 0.3 is 0 Å². The van der Waals surface area contributed by atoms with Gasteiger partial charge in [0, 0.05) is 0 Å². The van der Waals surface area contributed by atoms with E-state index in [-0.39, 0.29) is 0 Å². The van der Waals surface area contributed by atoms with Crippen LogP contribution in [0.4, 0.5) is 0 Å². The van der Waals surface area contributed by atoms with Crippen LogP contribution in [0.1, 0.15) is 0 Å². The molecule has 0 spiro atoms. The molecule has 1 rings (SSSR count). The van der Waals surface area contributed by atoms with E-state index in [0.29, 0.717) is 12.2 Å². The van der Waals surface area contributed by atoms with Crippen LogP contribution in [-0.4, -0.2) is 6.47 Å². The summed E-state index contributed by atoms with van der Waals surface area (Å²) in [5, 5.41) is 0. The van der Waals surface area contributed by atoms with Gasteiger partial charge in [-0.1, -0.05) is 12.1 Å². The third-order valence-corrected chi connectivity index (χ3v) is 1.90. The molecule has 0 heterocycles. The number of para-hydroxylation sites is 1. The first-order chi connectivity index (χ1) is 4.84. The lowest BCUT2D eigenvalue weighted by Gasteiger charge is -1.97. The number of ether oxygens (including phenoxy) is 1. The Bertz CT molecular complexity index is 235. The summed E-state index contributed by atoms with van der Waals surface area (Å²) in [6, 6.07) is 7.33. The van der Waals surface area contributed by atoms with Crippen LogP contribution in [0.3, 0.4) is 0 Å². The molecule has 0 bridgehead atoms. The second-order valence-electron chi connectivity index (χ2n) is 1.64. The van der Waals surface area contributed by atoms with Crippen molar-refractivity contribution < 1.29 is 9.53 Å². The number of hydrogen-bond donors (Lipinski definition) is 0. The molecule has 0 aliphatic heterocycles. The molecule has 2 nitrogen and oxygen atoms in total. The Kier molecular flexibility index (Phi) is 2.68. The number of benzene rings is 1. The van der Waals surface area contributed by atoms with E-state index >= 15 is 0 Å². The Morgan fingerprint density at radius 1 is 1.40 bits per heavy atom. The van der Waals surface area contributed by atoms with Gasteiger partial charge in [-0.2, -0.15) is 0 Å². The highest BCUT2D eigenvalue weighted by atomic mass is 127. The third-order valence-electron chi connectivity index (χ3n) is 1.01. The summed E-state index contributed by atoms with van der Waals surface area (Å²) in [6.45, 7) is 0.428. The van der Waals surface area contributed by atoms with Gasteiger partial charge in [-0.15, -0.1) is 0 Å². The Balaban J connectivity index is 2.91. The molecule has 0 unspecified atom stereocenters. The summed E-state index contributed by atoms with van der Waals surface area (Å²) in [4.78, 5) is 9.90. The monoisotopic (exact) mass is 248 g/mol. The van der Waals surface area contributed by atoms with Crippen molar-refractivity contribution in [1.82, 2.24) is 0 Å². The SMILES string of the molecule is O=COc1ccccc1I. The molecular formula is C7H5IO2. The maximum absolute atomic E-state index is 9.90. The predicted molar refractivity (Wildman–Crippen MR) is 45.9 cm³/mol. The van der Waals surface area contributed by atoms with Crippen LogP contribution < -0.4 is 4.74 Å². The average molecular weight is 248 g/mol. The maximum Gasteiger partial charge on any atom is 0.298 e. The first-order valence-corrected chi connectivity index (χ1v) is 3.77. The van der Waals surface area contributed by atoms with Crippen LogP contribution in [0.15, 0.2) is 24.3 Å². The van der Waals surface area contributed by atoms with Crippen molar-refractivity contribution in [1.29, 1.82) is 0 Å². The Hall–Kier alpha value is -0.580. The minimum absolute atomic E-state index is 0.428. The highest BCUT2D eigenvalue weighted by Crippen LogP contribution is 2.18. The fraction of sp³-hybridized carbons (Fsp3) is 0. The lowest BCUT2D eigenvalue weighted by Crippen LogP contribution is -1.89. The Morgan fingerprint density at radius 2 is 2.10 bits per heavy atom. The lowest BCUT2D eigenvalue weighted by molar-refractivity contribution is -0.120. The van der Waals surface area contributed by atoms with Gasteiger partial charge in [0.2, 0.25) is 0 Å². The Morgan fingerprint density at radius 3 is 2.70 bits per heavy atom. The van der Waals surface area contributed by atoms with Crippen molar-refractivity contribution in [2.24, 2.45) is 0 Å². The summed E-state index contributed by atoms with van der Waals surface area (Å²) >= 11 is 2.10. The summed E-state index contributed by atoms with van der Waals surface area (Å²) in [6.07, 6.45) is 0. The number of halogens is 1. The quantitative estimate of drug-likeness (QED) is 0.589. The van der Waals surface area contributed by atoms with E-state index in [1.54, 1.807) is 6.07 Å². The molecule has 0 aromatic heterocycles. The minimum Gasteiger partial charge on any atom is -0.428 e. The van der Waals surface area contributed by atoms with E-state index in [4.69, 9.17) is 0 Å². The highest BCUT2D eigenvalue weighted by molar-refractivity contribution is 14.1. The van der Waals surface area contributed by atoms with E-state index in [9.17, 15) is 4.79 Å². The van der Waals surface area contributed by atoms with E-state index in [1.165, 1.54) is 0 Å². The van der Waals surface area contributed by atoms with Crippen molar-refractivity contribution in [3.63, 3.8) is 0 Å². The molecule has 0 aliphatic rings. The second kappa shape index (κ2) is 3.55. The summed E-state index contributed by atoms with van der Waals surface area (Å²) in [5.41, 5.74) is 0. The molecule has 0 radical (unpaired) electrons. The van der Waals surface area contributed by atoms with Crippen molar-refractivity contribution in [2.75, 3.05) is 0 Å². The molecule has 1 aromatic carbocycles. The number of carbonyl (C=O) groups excluding carboxylic acids is 1. The second-order valence-corrected chi connectivity index (χ2v) is 2.81. The smallest absolute Gasteiger partial charge is 0.298 e. The minimum atomic E-state index is 0.428. The van der Waals surface area contributed by atoms with Crippen LogP contribution in [0, 0.1) is 3.57 Å². The zero-order valence-electron chi connectivity index (χ0n) is 5.08. The van der Waals surface area contributed by atoms with Gasteiger partial charge in [0.25, 0.3) is 6.47 Å². The molecule has 0 aliphatic carbocycles. The van der Waals surface area contributed by atoms with E-state index in [2.05, 4.69) is 27.3 Å². The van der Waals surface area contributed by atoms with Crippen LogP contribution in [0.5, 0.6) is 5.75 Å². The molecular weight excluding hydrogens is 243 g/mol. The van der Waals surface area contributed by atoms with Gasteiger partial charge in [-0.05, 0) is 34.7 Å². The zero-order valence-corrected chi connectivity index (χ0v) is 7.24. The normalized spacial score (nSPS) is 8.90. The summed E-state index contributed by atoms with van der Waals surface area (Å²) in [7, 11) is 0. The number of carbonyl (C=O) groups is 1. The van der Waals surface area contributed by atoms with Gasteiger partial charge in [0.15, 0.2) is 0 Å². The molecule has 0 fully saturated rings. The number of rotatable bonds is 2. The standard InChI is InChI=1S/C7H5IO2/c8-6-3-1-2-4-7(6)10-5-9/h1-5H. The molecule has 10 heavy (non-hydrogen) atoms. The van der Waals surface area contributed by atoms with E-state index in [1.807, 2.05) is 18.2 Å². The Labute approximate surface area is 72.3 Å². The zero-order chi connectivity index (χ0) is 7.40. The topological polar surface area (TPSA) is 26.3 Å². The van der Waals surface area contributed by atoms with Crippen LogP contribution in [0.2, 0.25) is 0 Å². The van der Waals surface area contributed by atoms with Gasteiger partial charge in [-0.25, -0.2) is 0 Å². The van der Waals surface area contributed by atoms with Crippen LogP contribution >= 0.6 is 22.6 Å². The molecule has 0 amide bonds. The fourth-order valence-corrected chi connectivity index (χ4v) is 1.11. The first kappa shape index (κ1) is 7.53. The first-order valence-electron chi connectivity index (χ1n) is 2.69. The van der Waals surface area contributed by atoms with Gasteiger partial charge in [0.1, 0.15) is 5.75 Å². The van der Waals surface area contributed by atoms with Crippen LogP contribution in [0.25, 0.3) is 0 Å². The summed E-state index contributed by atoms with van der Waals surface area (Å²) < 4.78 is 5.59. The largest absolute Gasteiger partial charge is 0.428 e. The molecule has 0 atom stereocenters. The molecule has 1 aromatic rings. The van der Waals surface area contributed by atoms with Gasteiger partial charge < -0.3 is 4.74 Å². The van der Waals surface area contributed by atoms with Crippen molar-refractivity contribution in [3.8, 4) is 5.75 Å². The average Bonchev–Trinajstić information content (AvgIpc) is 1.94. The van der Waals surface area contributed by atoms with Crippen LogP contribution in [-0.2, 0) is 4.79 Å². The van der Waals surface area contributed by atoms with E-state index < -0.39 is 0 Å². The van der Waals surface area contributed by atoms with Crippen molar-refractivity contribution in [2.45, 2.75) is 0 Å². The predicted octanol–water partition coefficient (Wildman–Crippen LogP) is 1.83. The van der Waals surface area contributed by atoms with Crippen molar-refractivity contribution in [3.05, 3.63) is 27.8 Å².